The third-order valence-electron chi connectivity index (χ3n) is 4.80. The van der Waals surface area contributed by atoms with Crippen LogP contribution in [0.2, 0.25) is 0 Å². The van der Waals surface area contributed by atoms with Gasteiger partial charge in [0.2, 0.25) is 0 Å². The van der Waals surface area contributed by atoms with E-state index < -0.39 is 0 Å². The minimum Gasteiger partial charge on any atom is -0.396 e. The number of hydrogen-bond donors (Lipinski definition) is 2. The highest BCUT2D eigenvalue weighted by Gasteiger charge is 2.18. The Labute approximate surface area is 139 Å². The second kappa shape index (κ2) is 8.48. The number of ether oxygens (including phenoxy) is 1. The van der Waals surface area contributed by atoms with E-state index in [9.17, 15) is 5.11 Å². The Bertz CT molecular complexity index is 522. The van der Waals surface area contributed by atoms with Crippen LogP contribution in [0.5, 0.6) is 0 Å². The van der Waals surface area contributed by atoms with Gasteiger partial charge in [0.25, 0.3) is 0 Å². The number of likely N-dealkylation sites (tertiary alicyclic amines) is 1. The Balaban J connectivity index is 1.50. The van der Waals surface area contributed by atoms with Gasteiger partial charge in [0, 0.05) is 25.4 Å². The summed E-state index contributed by atoms with van der Waals surface area (Å²) < 4.78 is 5.48. The summed E-state index contributed by atoms with van der Waals surface area (Å²) >= 11 is 0. The van der Waals surface area contributed by atoms with Crippen LogP contribution in [0.15, 0.2) is 35.9 Å². The highest BCUT2D eigenvalue weighted by molar-refractivity contribution is 5.46. The molecule has 2 heterocycles. The van der Waals surface area contributed by atoms with Crippen molar-refractivity contribution in [1.29, 1.82) is 0 Å². The number of rotatable bonds is 6. The molecule has 126 valence electrons. The topological polar surface area (TPSA) is 44.7 Å². The number of piperidine rings is 1. The molecule has 0 aromatic heterocycles. The quantitative estimate of drug-likeness (QED) is 0.792. The zero-order valence-electron chi connectivity index (χ0n) is 13.8. The smallest absolute Gasteiger partial charge is 0.0693 e. The lowest BCUT2D eigenvalue weighted by Gasteiger charge is -2.31. The molecule has 1 saturated heterocycles. The Kier molecular flexibility index (Phi) is 6.08. The van der Waals surface area contributed by atoms with Crippen LogP contribution < -0.4 is 5.32 Å². The maximum Gasteiger partial charge on any atom is 0.0693 e. The monoisotopic (exact) mass is 316 g/mol. The SMILES string of the molecule is OCC1CCN(Cc2cccc(NCC3=CCCOC3)c2)CC1. The van der Waals surface area contributed by atoms with E-state index in [1.165, 1.54) is 16.8 Å². The van der Waals surface area contributed by atoms with Crippen molar-refractivity contribution in [2.75, 3.05) is 44.8 Å². The minimum absolute atomic E-state index is 0.340. The fourth-order valence-electron chi connectivity index (χ4n) is 3.31. The van der Waals surface area contributed by atoms with Gasteiger partial charge in [0.15, 0.2) is 0 Å². The molecule has 1 aromatic carbocycles. The second-order valence-electron chi connectivity index (χ2n) is 6.66. The normalized spacial score (nSPS) is 20.3. The number of aliphatic hydroxyl groups excluding tert-OH is 1. The van der Waals surface area contributed by atoms with E-state index in [1.54, 1.807) is 0 Å². The van der Waals surface area contributed by atoms with Crippen LogP contribution in [-0.2, 0) is 11.3 Å². The molecule has 4 nitrogen and oxygen atoms in total. The van der Waals surface area contributed by atoms with E-state index in [-0.39, 0.29) is 0 Å². The largest absolute Gasteiger partial charge is 0.396 e. The number of anilines is 1. The summed E-state index contributed by atoms with van der Waals surface area (Å²) in [6.07, 6.45) is 5.54. The first kappa shape index (κ1) is 16.5. The van der Waals surface area contributed by atoms with E-state index in [0.29, 0.717) is 12.5 Å². The summed E-state index contributed by atoms with van der Waals surface area (Å²) in [6.45, 7) is 6.00. The third-order valence-corrected chi connectivity index (χ3v) is 4.80. The average Bonchev–Trinajstić information content (AvgIpc) is 2.62. The van der Waals surface area contributed by atoms with Gasteiger partial charge in [-0.05, 0) is 61.5 Å². The van der Waals surface area contributed by atoms with Crippen LogP contribution in [0.4, 0.5) is 5.69 Å². The van der Waals surface area contributed by atoms with Crippen molar-refractivity contribution in [2.45, 2.75) is 25.8 Å². The van der Waals surface area contributed by atoms with Crippen LogP contribution in [-0.4, -0.2) is 49.5 Å². The second-order valence-corrected chi connectivity index (χ2v) is 6.66. The lowest BCUT2D eigenvalue weighted by atomic mass is 9.97. The molecule has 0 atom stereocenters. The van der Waals surface area contributed by atoms with E-state index in [1.807, 2.05) is 0 Å². The van der Waals surface area contributed by atoms with Gasteiger partial charge >= 0.3 is 0 Å². The van der Waals surface area contributed by atoms with Gasteiger partial charge in [0.1, 0.15) is 0 Å². The number of aliphatic hydroxyl groups is 1. The molecule has 23 heavy (non-hydrogen) atoms. The van der Waals surface area contributed by atoms with E-state index in [0.717, 1.165) is 58.7 Å². The van der Waals surface area contributed by atoms with Crippen molar-refractivity contribution in [2.24, 2.45) is 5.92 Å². The summed E-state index contributed by atoms with van der Waals surface area (Å²) in [5, 5.41) is 12.7. The van der Waals surface area contributed by atoms with Gasteiger partial charge in [-0.15, -0.1) is 0 Å². The first-order chi connectivity index (χ1) is 11.3. The predicted octanol–water partition coefficient (Wildman–Crippen LogP) is 2.65. The summed E-state index contributed by atoms with van der Waals surface area (Å²) in [7, 11) is 0. The van der Waals surface area contributed by atoms with Gasteiger partial charge in [-0.25, -0.2) is 0 Å². The molecule has 3 rings (SSSR count). The Morgan fingerprint density at radius 1 is 1.26 bits per heavy atom. The molecule has 0 aliphatic carbocycles. The molecule has 0 unspecified atom stereocenters. The highest BCUT2D eigenvalue weighted by Crippen LogP contribution is 2.20. The number of hydrogen-bond acceptors (Lipinski definition) is 4. The number of nitrogens with one attached hydrogen (secondary N) is 1. The molecule has 2 aliphatic heterocycles. The minimum atomic E-state index is 0.340. The molecule has 1 fully saturated rings. The molecule has 0 bridgehead atoms. The summed E-state index contributed by atoms with van der Waals surface area (Å²) in [5.74, 6) is 0.505. The van der Waals surface area contributed by atoms with Crippen LogP contribution in [0, 0.1) is 5.92 Å². The number of nitrogens with zero attached hydrogens (tertiary/aromatic N) is 1. The standard InChI is InChI=1S/C19H28N2O2/c22-14-16-6-8-21(9-7-16)13-17-3-1-5-19(11-17)20-12-18-4-2-10-23-15-18/h1,3-5,11,16,20,22H,2,6-10,12-15H2. The molecule has 4 heteroatoms. The van der Waals surface area contributed by atoms with Crippen molar-refractivity contribution in [3.63, 3.8) is 0 Å². The van der Waals surface area contributed by atoms with Gasteiger partial charge in [-0.3, -0.25) is 4.90 Å². The fourth-order valence-corrected chi connectivity index (χ4v) is 3.31. The Hall–Kier alpha value is -1.36. The molecule has 0 saturated carbocycles. The van der Waals surface area contributed by atoms with Gasteiger partial charge < -0.3 is 15.2 Å². The molecule has 0 amide bonds. The molecule has 2 N–H and O–H groups in total. The maximum atomic E-state index is 9.23. The first-order valence-electron chi connectivity index (χ1n) is 8.75. The maximum absolute atomic E-state index is 9.23. The highest BCUT2D eigenvalue weighted by atomic mass is 16.5. The molecular weight excluding hydrogens is 288 g/mol. The van der Waals surface area contributed by atoms with Crippen molar-refractivity contribution in [3.05, 3.63) is 41.5 Å². The summed E-state index contributed by atoms with van der Waals surface area (Å²) in [6, 6.07) is 8.71. The van der Waals surface area contributed by atoms with Crippen molar-refractivity contribution >= 4 is 5.69 Å². The average molecular weight is 316 g/mol. The fraction of sp³-hybridized carbons (Fsp3) is 0.579. The van der Waals surface area contributed by atoms with E-state index in [2.05, 4.69) is 40.6 Å². The summed E-state index contributed by atoms with van der Waals surface area (Å²) in [4.78, 5) is 2.49. The lowest BCUT2D eigenvalue weighted by molar-refractivity contribution is 0.127. The van der Waals surface area contributed by atoms with Crippen molar-refractivity contribution in [3.8, 4) is 0 Å². The zero-order valence-corrected chi connectivity index (χ0v) is 13.8. The van der Waals surface area contributed by atoms with Gasteiger partial charge in [-0.1, -0.05) is 18.2 Å². The predicted molar refractivity (Wildman–Crippen MR) is 93.5 cm³/mol. The molecule has 2 aliphatic rings. The van der Waals surface area contributed by atoms with Crippen molar-refractivity contribution < 1.29 is 9.84 Å². The molecule has 0 spiro atoms. The molecular formula is C19H28N2O2. The van der Waals surface area contributed by atoms with Crippen LogP contribution in [0.25, 0.3) is 0 Å². The molecule has 1 aromatic rings. The molecule has 0 radical (unpaired) electrons. The first-order valence-corrected chi connectivity index (χ1v) is 8.75. The number of benzene rings is 1. The Morgan fingerprint density at radius 3 is 2.87 bits per heavy atom. The van der Waals surface area contributed by atoms with Gasteiger partial charge in [-0.2, -0.15) is 0 Å². The lowest BCUT2D eigenvalue weighted by Crippen LogP contribution is -2.34. The zero-order chi connectivity index (χ0) is 15.9. The van der Waals surface area contributed by atoms with Gasteiger partial charge in [0.05, 0.1) is 13.2 Å². The van der Waals surface area contributed by atoms with Crippen LogP contribution in [0.3, 0.4) is 0 Å². The Morgan fingerprint density at radius 2 is 2.13 bits per heavy atom. The third kappa shape index (κ3) is 5.06. The summed E-state index contributed by atoms with van der Waals surface area (Å²) in [5.41, 5.74) is 3.87. The van der Waals surface area contributed by atoms with Crippen LogP contribution in [0.1, 0.15) is 24.8 Å². The van der Waals surface area contributed by atoms with Crippen LogP contribution >= 0.6 is 0 Å². The van der Waals surface area contributed by atoms with E-state index >= 15 is 0 Å². The van der Waals surface area contributed by atoms with Crippen molar-refractivity contribution in [1.82, 2.24) is 4.90 Å². The van der Waals surface area contributed by atoms with E-state index in [4.69, 9.17) is 4.74 Å².